The fraction of sp³-hybridized carbons (Fsp3) is 1.00. The molecule has 0 bridgehead atoms. The molecule has 1 heterocycles. The van der Waals surface area contributed by atoms with E-state index in [1.54, 1.807) is 0 Å². The molecule has 0 aliphatic carbocycles. The summed E-state index contributed by atoms with van der Waals surface area (Å²) in [6.07, 6.45) is 1.10. The number of hydrogen-bond acceptors (Lipinski definition) is 5. The van der Waals surface area contributed by atoms with Crippen LogP contribution in [0.2, 0.25) is 0 Å². The van der Waals surface area contributed by atoms with E-state index < -0.39 is 19.9 Å². The topological polar surface area (TPSA) is 106 Å². The van der Waals surface area contributed by atoms with Gasteiger partial charge in [-0.1, -0.05) is 0 Å². The molecule has 1 rings (SSSR count). The quantitative estimate of drug-likeness (QED) is 0.633. The van der Waals surface area contributed by atoms with E-state index >= 15 is 0 Å². The molecule has 0 atom stereocenters. The van der Waals surface area contributed by atoms with E-state index in [-0.39, 0.29) is 29.8 Å². The Morgan fingerprint density at radius 2 is 1.80 bits per heavy atom. The first-order chi connectivity index (χ1) is 6.79. The molecule has 1 fully saturated rings. The Morgan fingerprint density at radius 1 is 1.27 bits per heavy atom. The van der Waals surface area contributed by atoms with Gasteiger partial charge < -0.3 is 5.32 Å². The van der Waals surface area contributed by atoms with Gasteiger partial charge in [-0.25, -0.2) is 22.0 Å². The second kappa shape index (κ2) is 4.77. The molecule has 8 heteroatoms. The molecule has 1 aliphatic rings. The van der Waals surface area contributed by atoms with Crippen LogP contribution in [0.4, 0.5) is 0 Å². The molecule has 6 nitrogen and oxygen atoms in total. The number of sulfone groups is 1. The molecule has 1 aliphatic heterocycles. The van der Waals surface area contributed by atoms with Gasteiger partial charge in [-0.05, 0) is 12.8 Å². The molecular weight excluding hydrogens is 240 g/mol. The van der Waals surface area contributed by atoms with Crippen molar-refractivity contribution in [1.29, 1.82) is 0 Å². The van der Waals surface area contributed by atoms with Crippen LogP contribution >= 0.6 is 0 Å². The standard InChI is InChI=1S/C7H16N2O4S2/c8-15(12,13)6-3-9-7-1-4-14(10,11)5-2-7/h7,9H,1-6H2,(H2,8,12,13). The van der Waals surface area contributed by atoms with E-state index in [9.17, 15) is 16.8 Å². The maximum atomic E-state index is 11.1. The number of primary sulfonamides is 1. The van der Waals surface area contributed by atoms with Gasteiger partial charge in [-0.3, -0.25) is 0 Å². The van der Waals surface area contributed by atoms with Crippen molar-refractivity contribution >= 4 is 19.9 Å². The van der Waals surface area contributed by atoms with E-state index in [1.165, 1.54) is 0 Å². The fourth-order valence-corrected chi connectivity index (χ4v) is 3.39. The Kier molecular flexibility index (Phi) is 4.10. The van der Waals surface area contributed by atoms with Crippen molar-refractivity contribution in [2.75, 3.05) is 23.8 Å². The summed E-state index contributed by atoms with van der Waals surface area (Å²) in [4.78, 5) is 0. The molecule has 1 saturated heterocycles. The molecule has 0 aromatic carbocycles. The first kappa shape index (κ1) is 12.9. The number of rotatable bonds is 4. The number of nitrogens with two attached hydrogens (primary N) is 1. The van der Waals surface area contributed by atoms with Crippen molar-refractivity contribution in [3.05, 3.63) is 0 Å². The van der Waals surface area contributed by atoms with E-state index in [0.29, 0.717) is 12.8 Å². The summed E-state index contributed by atoms with van der Waals surface area (Å²) < 4.78 is 43.4. The monoisotopic (exact) mass is 256 g/mol. The Balaban J connectivity index is 2.25. The van der Waals surface area contributed by atoms with Gasteiger partial charge >= 0.3 is 0 Å². The van der Waals surface area contributed by atoms with Crippen molar-refractivity contribution in [3.63, 3.8) is 0 Å². The van der Waals surface area contributed by atoms with Crippen LogP contribution < -0.4 is 10.5 Å². The molecule has 0 saturated carbocycles. The minimum Gasteiger partial charge on any atom is -0.313 e. The SMILES string of the molecule is NS(=O)(=O)CCNC1CCS(=O)(=O)CC1. The smallest absolute Gasteiger partial charge is 0.210 e. The van der Waals surface area contributed by atoms with Crippen molar-refractivity contribution in [2.24, 2.45) is 5.14 Å². The number of hydrogen-bond donors (Lipinski definition) is 2. The summed E-state index contributed by atoms with van der Waals surface area (Å²) in [6.45, 7) is 0.281. The Labute approximate surface area is 90.2 Å². The van der Waals surface area contributed by atoms with E-state index in [0.717, 1.165) is 0 Å². The first-order valence-electron chi connectivity index (χ1n) is 4.73. The van der Waals surface area contributed by atoms with Crippen molar-refractivity contribution < 1.29 is 16.8 Å². The second-order valence-corrected chi connectivity index (χ2v) is 7.78. The van der Waals surface area contributed by atoms with Gasteiger partial charge in [0.1, 0.15) is 9.84 Å². The summed E-state index contributed by atoms with van der Waals surface area (Å²) in [5, 5.41) is 7.82. The molecule has 15 heavy (non-hydrogen) atoms. The van der Waals surface area contributed by atoms with Crippen molar-refractivity contribution in [2.45, 2.75) is 18.9 Å². The van der Waals surface area contributed by atoms with Crippen LogP contribution in [0.1, 0.15) is 12.8 Å². The van der Waals surface area contributed by atoms with E-state index in [4.69, 9.17) is 5.14 Å². The number of sulfonamides is 1. The van der Waals surface area contributed by atoms with Gasteiger partial charge in [-0.2, -0.15) is 0 Å². The van der Waals surface area contributed by atoms with Gasteiger partial charge in [-0.15, -0.1) is 0 Å². The lowest BCUT2D eigenvalue weighted by Gasteiger charge is -2.22. The zero-order valence-corrected chi connectivity index (χ0v) is 9.98. The predicted molar refractivity (Wildman–Crippen MR) is 57.7 cm³/mol. The van der Waals surface area contributed by atoms with Gasteiger partial charge in [0.2, 0.25) is 10.0 Å². The average Bonchev–Trinajstić information content (AvgIpc) is 2.06. The highest BCUT2D eigenvalue weighted by molar-refractivity contribution is 7.91. The third-order valence-electron chi connectivity index (χ3n) is 2.37. The maximum absolute atomic E-state index is 11.1. The minimum atomic E-state index is -3.43. The van der Waals surface area contributed by atoms with Gasteiger partial charge in [0, 0.05) is 12.6 Å². The third kappa shape index (κ3) is 5.45. The largest absolute Gasteiger partial charge is 0.313 e. The van der Waals surface area contributed by atoms with Crippen molar-refractivity contribution in [3.8, 4) is 0 Å². The van der Waals surface area contributed by atoms with Crippen LogP contribution in [0.15, 0.2) is 0 Å². The van der Waals surface area contributed by atoms with Gasteiger partial charge in [0.25, 0.3) is 0 Å². The minimum absolute atomic E-state index is 0.0928. The zero-order valence-electron chi connectivity index (χ0n) is 8.35. The highest BCUT2D eigenvalue weighted by Gasteiger charge is 2.23. The van der Waals surface area contributed by atoms with Crippen LogP contribution in [0, 0.1) is 0 Å². The van der Waals surface area contributed by atoms with Crippen LogP contribution in [-0.4, -0.2) is 46.7 Å². The molecule has 90 valence electrons. The maximum Gasteiger partial charge on any atom is 0.210 e. The summed E-state index contributed by atoms with van der Waals surface area (Å²) in [5.41, 5.74) is 0. The highest BCUT2D eigenvalue weighted by atomic mass is 32.2. The van der Waals surface area contributed by atoms with E-state index in [1.807, 2.05) is 0 Å². The summed E-state index contributed by atoms with van der Waals surface area (Å²) >= 11 is 0. The Morgan fingerprint density at radius 3 is 2.27 bits per heavy atom. The Hall–Kier alpha value is -0.180. The number of nitrogens with one attached hydrogen (secondary N) is 1. The lowest BCUT2D eigenvalue weighted by atomic mass is 10.1. The third-order valence-corrected chi connectivity index (χ3v) is 4.86. The van der Waals surface area contributed by atoms with Crippen LogP contribution in [-0.2, 0) is 19.9 Å². The normalized spacial score (nSPS) is 22.7. The summed E-state index contributed by atoms with van der Waals surface area (Å²) in [5.74, 6) is 0.246. The van der Waals surface area contributed by atoms with Crippen LogP contribution in [0.3, 0.4) is 0 Å². The van der Waals surface area contributed by atoms with Gasteiger partial charge in [0.05, 0.1) is 17.3 Å². The lowest BCUT2D eigenvalue weighted by Crippen LogP contribution is -2.40. The molecule has 0 aromatic heterocycles. The molecular formula is C7H16N2O4S2. The fourth-order valence-electron chi connectivity index (χ4n) is 1.50. The lowest BCUT2D eigenvalue weighted by molar-refractivity contribution is 0.473. The average molecular weight is 256 g/mol. The highest BCUT2D eigenvalue weighted by Crippen LogP contribution is 2.11. The predicted octanol–water partition coefficient (Wildman–Crippen LogP) is -1.56. The Bertz CT molecular complexity index is 387. The second-order valence-electron chi connectivity index (χ2n) is 3.75. The van der Waals surface area contributed by atoms with Crippen molar-refractivity contribution in [1.82, 2.24) is 5.32 Å². The molecule has 0 radical (unpaired) electrons. The van der Waals surface area contributed by atoms with Crippen LogP contribution in [0.5, 0.6) is 0 Å². The molecule has 0 aromatic rings. The zero-order chi connectivity index (χ0) is 11.5. The van der Waals surface area contributed by atoms with E-state index in [2.05, 4.69) is 5.32 Å². The summed E-state index contributed by atoms with van der Waals surface area (Å²) in [7, 11) is -6.28. The van der Waals surface area contributed by atoms with Gasteiger partial charge in [0.15, 0.2) is 0 Å². The molecule has 0 spiro atoms. The molecule has 3 N–H and O–H groups in total. The summed E-state index contributed by atoms with van der Waals surface area (Å²) in [6, 6.07) is 0.0928. The first-order valence-corrected chi connectivity index (χ1v) is 8.26. The molecule has 0 unspecified atom stereocenters. The van der Waals surface area contributed by atoms with Crippen LogP contribution in [0.25, 0.3) is 0 Å². The molecule has 0 amide bonds.